The zero-order chi connectivity index (χ0) is 16.8. The number of nitrogen functional groups attached to an aromatic ring is 1. The quantitative estimate of drug-likeness (QED) is 0.568. The molecule has 0 aliphatic carbocycles. The fourth-order valence-electron chi connectivity index (χ4n) is 3.26. The first kappa shape index (κ1) is 14.4. The van der Waals surface area contributed by atoms with E-state index in [1.54, 1.807) is 0 Å². The summed E-state index contributed by atoms with van der Waals surface area (Å²) < 4.78 is 2.11. The molecule has 0 amide bonds. The average molecular weight is 315 g/mol. The van der Waals surface area contributed by atoms with Crippen LogP contribution in [-0.4, -0.2) is 21.3 Å². The summed E-state index contributed by atoms with van der Waals surface area (Å²) in [5.41, 5.74) is 11.2. The molecule has 24 heavy (non-hydrogen) atoms. The van der Waals surface area contributed by atoms with Crippen LogP contribution in [0.3, 0.4) is 0 Å². The Bertz CT molecular complexity index is 1110. The maximum Gasteiger partial charge on any atom is 0.222 e. The van der Waals surface area contributed by atoms with E-state index in [0.717, 1.165) is 32.9 Å². The van der Waals surface area contributed by atoms with Gasteiger partial charge in [0.15, 0.2) is 5.82 Å². The highest BCUT2D eigenvalue weighted by molar-refractivity contribution is 6.15. The molecule has 4 rings (SSSR count). The van der Waals surface area contributed by atoms with Crippen LogP contribution in [0.2, 0.25) is 0 Å². The number of aryl methyl sites for hydroxylation is 2. The number of rotatable bonds is 2. The summed E-state index contributed by atoms with van der Waals surface area (Å²) in [7, 11) is 2.03. The summed E-state index contributed by atoms with van der Waals surface area (Å²) in [6.45, 7) is 5.72. The van der Waals surface area contributed by atoms with Gasteiger partial charge in [-0.05, 0) is 31.3 Å². The van der Waals surface area contributed by atoms with Crippen LogP contribution in [-0.2, 0) is 7.05 Å². The van der Waals surface area contributed by atoms with E-state index in [0.29, 0.717) is 5.82 Å². The second-order valence-corrected chi connectivity index (χ2v) is 5.94. The van der Waals surface area contributed by atoms with Crippen molar-refractivity contribution < 1.29 is 0 Å². The van der Waals surface area contributed by atoms with E-state index in [2.05, 4.69) is 69.6 Å². The topological polar surface area (TPSA) is 69.1 Å². The number of benzene rings is 2. The van der Waals surface area contributed by atoms with E-state index < -0.39 is 0 Å². The van der Waals surface area contributed by atoms with E-state index >= 15 is 0 Å². The van der Waals surface area contributed by atoms with Crippen LogP contribution in [0.5, 0.6) is 0 Å². The number of aromatic nitrogens is 3. The zero-order valence-corrected chi connectivity index (χ0v) is 13.6. The van der Waals surface area contributed by atoms with Crippen molar-refractivity contribution >= 4 is 40.3 Å². The van der Waals surface area contributed by atoms with Gasteiger partial charge in [0.05, 0.1) is 16.4 Å². The molecule has 5 nitrogen and oxygen atoms in total. The molecule has 2 aromatic heterocycles. The SMILES string of the molecule is C=Nc1nc(N)nc2cc(-c3cccc(C)c3)c3c(ccn3C)c12. The van der Waals surface area contributed by atoms with Crippen molar-refractivity contribution in [1.82, 2.24) is 14.5 Å². The number of hydrogen-bond acceptors (Lipinski definition) is 4. The standard InChI is InChI=1S/C19H17N5/c1-11-5-4-6-12(9-11)14-10-15-16(13-7-8-24(3)17(13)14)18(21-2)23-19(20)22-15/h4-10H,2H2,1,3H3,(H2,20,22,23). The predicted octanol–water partition coefficient (Wildman–Crippen LogP) is 4.01. The van der Waals surface area contributed by atoms with Crippen LogP contribution in [0.4, 0.5) is 11.8 Å². The van der Waals surface area contributed by atoms with Crippen molar-refractivity contribution in [2.45, 2.75) is 6.92 Å². The van der Waals surface area contributed by atoms with Gasteiger partial charge in [-0.2, -0.15) is 4.98 Å². The Morgan fingerprint density at radius 1 is 1.17 bits per heavy atom. The van der Waals surface area contributed by atoms with E-state index in [1.807, 2.05) is 13.2 Å². The largest absolute Gasteiger partial charge is 0.368 e. The molecule has 0 atom stereocenters. The summed E-state index contributed by atoms with van der Waals surface area (Å²) in [5, 5.41) is 1.93. The third-order valence-corrected chi connectivity index (χ3v) is 4.29. The summed E-state index contributed by atoms with van der Waals surface area (Å²) in [5.74, 6) is 0.722. The second-order valence-electron chi connectivity index (χ2n) is 5.94. The normalized spacial score (nSPS) is 11.2. The molecule has 0 saturated carbocycles. The Hall–Kier alpha value is -3.21. The zero-order valence-electron chi connectivity index (χ0n) is 13.6. The van der Waals surface area contributed by atoms with Gasteiger partial charge in [0.25, 0.3) is 0 Å². The Labute approximate surface area is 139 Å². The number of anilines is 1. The monoisotopic (exact) mass is 315 g/mol. The lowest BCUT2D eigenvalue weighted by Gasteiger charge is -2.11. The molecule has 0 spiro atoms. The molecule has 0 fully saturated rings. The number of nitrogens with two attached hydrogens (primary N) is 1. The molecule has 2 aromatic carbocycles. The van der Waals surface area contributed by atoms with Gasteiger partial charge in [-0.3, -0.25) is 0 Å². The molecule has 0 saturated heterocycles. The summed E-state index contributed by atoms with van der Waals surface area (Å²) in [6.07, 6.45) is 2.03. The summed E-state index contributed by atoms with van der Waals surface area (Å²) in [4.78, 5) is 12.7. The van der Waals surface area contributed by atoms with Gasteiger partial charge in [-0.25, -0.2) is 9.98 Å². The lowest BCUT2D eigenvalue weighted by Crippen LogP contribution is -1.97. The van der Waals surface area contributed by atoms with Gasteiger partial charge in [0, 0.05) is 24.2 Å². The van der Waals surface area contributed by atoms with E-state index in [-0.39, 0.29) is 5.95 Å². The average Bonchev–Trinajstić information content (AvgIpc) is 2.95. The minimum Gasteiger partial charge on any atom is -0.368 e. The number of fused-ring (bicyclic) bond motifs is 3. The van der Waals surface area contributed by atoms with Crippen molar-refractivity contribution in [2.75, 3.05) is 5.73 Å². The van der Waals surface area contributed by atoms with Crippen LogP contribution in [0.15, 0.2) is 47.6 Å². The summed E-state index contributed by atoms with van der Waals surface area (Å²) >= 11 is 0. The molecule has 0 aliphatic rings. The van der Waals surface area contributed by atoms with Crippen LogP contribution in [0, 0.1) is 6.92 Å². The van der Waals surface area contributed by atoms with E-state index in [9.17, 15) is 0 Å². The molecular weight excluding hydrogens is 298 g/mol. The van der Waals surface area contributed by atoms with Crippen molar-refractivity contribution in [2.24, 2.45) is 12.0 Å². The minimum atomic E-state index is 0.204. The number of aliphatic imine (C=N–C) groups is 1. The molecule has 0 aliphatic heterocycles. The van der Waals surface area contributed by atoms with Gasteiger partial charge < -0.3 is 10.3 Å². The van der Waals surface area contributed by atoms with Crippen LogP contribution in [0.1, 0.15) is 5.56 Å². The van der Waals surface area contributed by atoms with Crippen molar-refractivity contribution in [3.05, 3.63) is 48.2 Å². The minimum absolute atomic E-state index is 0.204. The molecule has 0 bridgehead atoms. The predicted molar refractivity (Wildman–Crippen MR) is 99.8 cm³/mol. The first-order valence-electron chi connectivity index (χ1n) is 7.67. The maximum absolute atomic E-state index is 5.85. The van der Waals surface area contributed by atoms with Crippen molar-refractivity contribution in [3.8, 4) is 11.1 Å². The molecular formula is C19H17N5. The fraction of sp³-hybridized carbons (Fsp3) is 0.105. The first-order valence-corrected chi connectivity index (χ1v) is 7.67. The molecule has 4 aromatic rings. The highest BCUT2D eigenvalue weighted by Gasteiger charge is 2.16. The Kier molecular flexibility index (Phi) is 3.09. The molecule has 2 heterocycles. The van der Waals surface area contributed by atoms with E-state index in [4.69, 9.17) is 5.73 Å². The molecule has 0 unspecified atom stereocenters. The van der Waals surface area contributed by atoms with Gasteiger partial charge >= 0.3 is 0 Å². The first-order chi connectivity index (χ1) is 11.6. The van der Waals surface area contributed by atoms with Crippen molar-refractivity contribution in [1.29, 1.82) is 0 Å². The highest BCUT2D eigenvalue weighted by atomic mass is 15.0. The van der Waals surface area contributed by atoms with Gasteiger partial charge in [0.1, 0.15) is 0 Å². The fourth-order valence-corrected chi connectivity index (χ4v) is 3.26. The molecule has 2 N–H and O–H groups in total. The smallest absolute Gasteiger partial charge is 0.222 e. The third-order valence-electron chi connectivity index (χ3n) is 4.29. The van der Waals surface area contributed by atoms with Gasteiger partial charge in [0.2, 0.25) is 5.95 Å². The Morgan fingerprint density at radius 3 is 2.75 bits per heavy atom. The van der Waals surface area contributed by atoms with Crippen LogP contribution < -0.4 is 5.73 Å². The van der Waals surface area contributed by atoms with Gasteiger partial charge in [-0.15, -0.1) is 0 Å². The molecule has 5 heteroatoms. The van der Waals surface area contributed by atoms with Gasteiger partial charge in [-0.1, -0.05) is 29.8 Å². The lowest BCUT2D eigenvalue weighted by atomic mass is 9.98. The molecule has 118 valence electrons. The second kappa shape index (κ2) is 5.16. The maximum atomic E-state index is 5.85. The van der Waals surface area contributed by atoms with Crippen molar-refractivity contribution in [3.63, 3.8) is 0 Å². The van der Waals surface area contributed by atoms with E-state index in [1.165, 1.54) is 5.56 Å². The lowest BCUT2D eigenvalue weighted by molar-refractivity contribution is 0.970. The summed E-state index contributed by atoms with van der Waals surface area (Å²) in [6, 6.07) is 12.5. The molecule has 0 radical (unpaired) electrons. The van der Waals surface area contributed by atoms with Crippen LogP contribution in [0.25, 0.3) is 32.9 Å². The number of hydrogen-bond donors (Lipinski definition) is 1. The highest BCUT2D eigenvalue weighted by Crippen LogP contribution is 2.38. The Balaban J connectivity index is 2.21. The van der Waals surface area contributed by atoms with Crippen LogP contribution >= 0.6 is 0 Å². The number of nitrogens with zero attached hydrogens (tertiary/aromatic N) is 4. The Morgan fingerprint density at radius 2 is 2.00 bits per heavy atom. The third kappa shape index (κ3) is 2.06.